The normalized spacial score (nSPS) is 14.0. The van der Waals surface area contributed by atoms with Crippen molar-refractivity contribution in [1.29, 1.82) is 0 Å². The average Bonchev–Trinajstić information content (AvgIpc) is 3.33. The highest BCUT2D eigenvalue weighted by molar-refractivity contribution is 5.99. The van der Waals surface area contributed by atoms with Crippen LogP contribution >= 0.6 is 0 Å². The molecule has 2 rings (SSSR count). The topological polar surface area (TPSA) is 50.4 Å². The fourth-order valence-corrected chi connectivity index (χ4v) is 2.10. The second-order valence-corrected chi connectivity index (χ2v) is 5.60. The lowest BCUT2D eigenvalue weighted by molar-refractivity contribution is 0.0938. The predicted molar refractivity (Wildman–Crippen MR) is 85.7 cm³/mol. The third-order valence-corrected chi connectivity index (χ3v) is 3.54. The average molecular weight is 290 g/mol. The maximum atomic E-state index is 12.2. The van der Waals surface area contributed by atoms with Crippen LogP contribution in [0.15, 0.2) is 24.3 Å². The number of para-hydroxylation sites is 1. The molecule has 0 spiro atoms. The minimum atomic E-state index is -0.0172. The number of carbonyl (C=O) groups is 1. The van der Waals surface area contributed by atoms with Gasteiger partial charge in [0, 0.05) is 32.0 Å². The van der Waals surface area contributed by atoms with E-state index in [1.54, 1.807) is 0 Å². The summed E-state index contributed by atoms with van der Waals surface area (Å²) in [6, 6.07) is 7.64. The zero-order valence-corrected chi connectivity index (χ0v) is 12.9. The van der Waals surface area contributed by atoms with E-state index in [4.69, 9.17) is 4.74 Å². The molecule has 0 aromatic heterocycles. The lowest BCUT2D eigenvalue weighted by atomic mass is 10.1. The first-order valence-electron chi connectivity index (χ1n) is 8.00. The highest BCUT2D eigenvalue weighted by Crippen LogP contribution is 2.28. The molecule has 0 atom stereocenters. The van der Waals surface area contributed by atoms with E-state index in [9.17, 15) is 4.79 Å². The number of carbonyl (C=O) groups excluding carboxylic acids is 1. The molecular weight excluding hydrogens is 264 g/mol. The van der Waals surface area contributed by atoms with Gasteiger partial charge in [-0.3, -0.25) is 4.79 Å². The molecule has 4 heteroatoms. The van der Waals surface area contributed by atoms with Gasteiger partial charge in [-0.2, -0.15) is 0 Å². The molecule has 2 N–H and O–H groups in total. The van der Waals surface area contributed by atoms with Crippen molar-refractivity contribution in [1.82, 2.24) is 5.32 Å². The molecule has 1 aromatic carbocycles. The Morgan fingerprint density at radius 2 is 2.10 bits per heavy atom. The van der Waals surface area contributed by atoms with Crippen molar-refractivity contribution in [3.8, 4) is 0 Å². The smallest absolute Gasteiger partial charge is 0.253 e. The lowest BCUT2D eigenvalue weighted by Crippen LogP contribution is -2.26. The second kappa shape index (κ2) is 8.67. The van der Waals surface area contributed by atoms with E-state index >= 15 is 0 Å². The van der Waals surface area contributed by atoms with E-state index in [1.165, 1.54) is 12.8 Å². The van der Waals surface area contributed by atoms with E-state index in [0.717, 1.165) is 44.2 Å². The summed E-state index contributed by atoms with van der Waals surface area (Å²) < 4.78 is 5.56. The largest absolute Gasteiger partial charge is 0.384 e. The molecule has 1 saturated carbocycles. The number of benzene rings is 1. The first-order chi connectivity index (χ1) is 10.3. The molecule has 0 radical (unpaired) electrons. The van der Waals surface area contributed by atoms with Crippen LogP contribution in [0, 0.1) is 5.92 Å². The number of ether oxygens (including phenoxy) is 1. The maximum absolute atomic E-state index is 12.2. The molecule has 1 aliphatic rings. The summed E-state index contributed by atoms with van der Waals surface area (Å²) in [4.78, 5) is 12.2. The first kappa shape index (κ1) is 15.8. The van der Waals surface area contributed by atoms with E-state index in [1.807, 2.05) is 24.3 Å². The van der Waals surface area contributed by atoms with Crippen LogP contribution in [0.1, 0.15) is 43.0 Å². The summed E-state index contributed by atoms with van der Waals surface area (Å²) in [5, 5.41) is 6.25. The summed E-state index contributed by atoms with van der Waals surface area (Å²) in [6.45, 7) is 5.26. The summed E-state index contributed by atoms with van der Waals surface area (Å²) in [5.74, 6) is 0.785. The molecule has 21 heavy (non-hydrogen) atoms. The Hall–Kier alpha value is -1.55. The van der Waals surface area contributed by atoms with Gasteiger partial charge >= 0.3 is 0 Å². The molecule has 1 aliphatic carbocycles. The minimum absolute atomic E-state index is 0.0172. The molecule has 1 amide bonds. The van der Waals surface area contributed by atoms with E-state index in [0.29, 0.717) is 12.1 Å². The number of anilines is 1. The highest BCUT2D eigenvalue weighted by atomic mass is 16.5. The van der Waals surface area contributed by atoms with Crippen LogP contribution in [-0.4, -0.2) is 32.2 Å². The van der Waals surface area contributed by atoms with E-state index in [2.05, 4.69) is 17.6 Å². The number of nitrogens with one attached hydrogen (secondary N) is 2. The number of hydrogen-bond acceptors (Lipinski definition) is 3. The first-order valence-corrected chi connectivity index (χ1v) is 8.00. The van der Waals surface area contributed by atoms with Gasteiger partial charge in [-0.1, -0.05) is 19.1 Å². The Labute approximate surface area is 127 Å². The van der Waals surface area contributed by atoms with Crippen LogP contribution in [0.5, 0.6) is 0 Å². The Bertz CT molecular complexity index is 444. The third kappa shape index (κ3) is 5.76. The Morgan fingerprint density at radius 3 is 2.86 bits per heavy atom. The molecule has 4 nitrogen and oxygen atoms in total. The van der Waals surface area contributed by atoms with Gasteiger partial charge in [0.1, 0.15) is 0 Å². The molecule has 116 valence electrons. The van der Waals surface area contributed by atoms with E-state index in [-0.39, 0.29) is 5.91 Å². The summed E-state index contributed by atoms with van der Waals surface area (Å²) in [6.07, 6.45) is 4.54. The van der Waals surface area contributed by atoms with Gasteiger partial charge in [0.25, 0.3) is 5.91 Å². The van der Waals surface area contributed by atoms with Crippen molar-refractivity contribution >= 4 is 11.6 Å². The van der Waals surface area contributed by atoms with Crippen molar-refractivity contribution < 1.29 is 9.53 Å². The fraction of sp³-hybridized carbons (Fsp3) is 0.588. The van der Waals surface area contributed by atoms with Crippen LogP contribution in [0.2, 0.25) is 0 Å². The Balaban J connectivity index is 1.68. The van der Waals surface area contributed by atoms with Crippen molar-refractivity contribution in [2.24, 2.45) is 5.92 Å². The molecule has 0 heterocycles. The van der Waals surface area contributed by atoms with Crippen LogP contribution in [0.3, 0.4) is 0 Å². The third-order valence-electron chi connectivity index (χ3n) is 3.54. The zero-order chi connectivity index (χ0) is 14.9. The summed E-state index contributed by atoms with van der Waals surface area (Å²) in [7, 11) is 0. The molecule has 0 saturated heterocycles. The summed E-state index contributed by atoms with van der Waals surface area (Å²) >= 11 is 0. The maximum Gasteiger partial charge on any atom is 0.253 e. The van der Waals surface area contributed by atoms with Crippen molar-refractivity contribution in [3.05, 3.63) is 29.8 Å². The van der Waals surface area contributed by atoms with Gasteiger partial charge in [0.15, 0.2) is 0 Å². The Kier molecular flexibility index (Phi) is 6.54. The minimum Gasteiger partial charge on any atom is -0.384 e. The number of amides is 1. The molecule has 1 fully saturated rings. The standard InChI is InChI=1S/C17H26N2O2/c1-2-10-18-16-7-4-3-6-15(16)17(20)19-11-5-12-21-13-14-8-9-14/h3-4,6-7,14,18H,2,5,8-13H2,1H3,(H,19,20). The van der Waals surface area contributed by atoms with Gasteiger partial charge in [-0.25, -0.2) is 0 Å². The SMILES string of the molecule is CCCNc1ccccc1C(=O)NCCCOCC1CC1. The fourth-order valence-electron chi connectivity index (χ4n) is 2.10. The van der Waals surface area contributed by atoms with Crippen LogP contribution in [0.25, 0.3) is 0 Å². The number of rotatable bonds is 10. The van der Waals surface area contributed by atoms with Gasteiger partial charge in [0.2, 0.25) is 0 Å². The van der Waals surface area contributed by atoms with Gasteiger partial charge in [-0.05, 0) is 43.7 Å². The lowest BCUT2D eigenvalue weighted by Gasteiger charge is -2.11. The highest BCUT2D eigenvalue weighted by Gasteiger charge is 2.20. The summed E-state index contributed by atoms with van der Waals surface area (Å²) in [5.41, 5.74) is 1.62. The second-order valence-electron chi connectivity index (χ2n) is 5.60. The van der Waals surface area contributed by atoms with Crippen LogP contribution in [0.4, 0.5) is 5.69 Å². The molecule has 0 bridgehead atoms. The Morgan fingerprint density at radius 1 is 1.29 bits per heavy atom. The number of hydrogen-bond donors (Lipinski definition) is 2. The quantitative estimate of drug-likeness (QED) is 0.651. The van der Waals surface area contributed by atoms with E-state index < -0.39 is 0 Å². The molecule has 0 unspecified atom stereocenters. The van der Waals surface area contributed by atoms with Crippen molar-refractivity contribution in [3.63, 3.8) is 0 Å². The monoisotopic (exact) mass is 290 g/mol. The van der Waals surface area contributed by atoms with Crippen LogP contribution in [-0.2, 0) is 4.74 Å². The molecule has 1 aromatic rings. The predicted octanol–water partition coefficient (Wildman–Crippen LogP) is 3.06. The van der Waals surface area contributed by atoms with Crippen LogP contribution < -0.4 is 10.6 Å². The van der Waals surface area contributed by atoms with Crippen molar-refractivity contribution in [2.75, 3.05) is 31.6 Å². The molecular formula is C17H26N2O2. The van der Waals surface area contributed by atoms with Gasteiger partial charge in [0.05, 0.1) is 5.56 Å². The van der Waals surface area contributed by atoms with Crippen molar-refractivity contribution in [2.45, 2.75) is 32.6 Å². The molecule has 0 aliphatic heterocycles. The zero-order valence-electron chi connectivity index (χ0n) is 12.9. The van der Waals surface area contributed by atoms with Gasteiger partial charge < -0.3 is 15.4 Å². The van der Waals surface area contributed by atoms with Gasteiger partial charge in [-0.15, -0.1) is 0 Å².